The van der Waals surface area contributed by atoms with E-state index in [1.807, 2.05) is 30.3 Å². The number of hydrogen-bond acceptors (Lipinski definition) is 2. The summed E-state index contributed by atoms with van der Waals surface area (Å²) >= 11 is 11.8. The van der Waals surface area contributed by atoms with Crippen molar-refractivity contribution in [2.75, 3.05) is 0 Å². The predicted molar refractivity (Wildman–Crippen MR) is 82.5 cm³/mol. The van der Waals surface area contributed by atoms with Crippen molar-refractivity contribution in [2.24, 2.45) is 0 Å². The average Bonchev–Trinajstić information content (AvgIpc) is 2.59. The minimum Gasteiger partial charge on any atom is -0.387 e. The van der Waals surface area contributed by atoms with Crippen molar-refractivity contribution in [3.8, 4) is 0 Å². The SMILES string of the molecule is OC(Cc1cccc(Br)c1)c1cc(Br)c(Br)s1. The molecule has 0 spiro atoms. The summed E-state index contributed by atoms with van der Waals surface area (Å²) in [5, 5.41) is 10.2. The van der Waals surface area contributed by atoms with Gasteiger partial charge >= 0.3 is 0 Å². The molecule has 1 aromatic carbocycles. The van der Waals surface area contributed by atoms with Crippen LogP contribution in [0.4, 0.5) is 0 Å². The fourth-order valence-corrected chi connectivity index (χ4v) is 4.04. The Hall–Kier alpha value is 0.320. The molecule has 2 rings (SSSR count). The molecule has 0 radical (unpaired) electrons. The van der Waals surface area contributed by atoms with E-state index in [-0.39, 0.29) is 0 Å². The van der Waals surface area contributed by atoms with Gasteiger partial charge in [-0.1, -0.05) is 28.1 Å². The zero-order chi connectivity index (χ0) is 12.4. The second kappa shape index (κ2) is 5.97. The summed E-state index contributed by atoms with van der Waals surface area (Å²) in [5.41, 5.74) is 1.12. The van der Waals surface area contributed by atoms with E-state index in [1.54, 1.807) is 11.3 Å². The standard InChI is InChI=1S/C12H9Br3OS/c13-8-3-1-2-7(4-8)5-10(16)11-6-9(14)12(15)17-11/h1-4,6,10,16H,5H2. The van der Waals surface area contributed by atoms with Crippen molar-refractivity contribution in [2.45, 2.75) is 12.5 Å². The Bertz CT molecular complexity index is 505. The summed E-state index contributed by atoms with van der Waals surface area (Å²) in [6.07, 6.45) is 0.163. The zero-order valence-electron chi connectivity index (χ0n) is 8.66. The Labute approximate surface area is 129 Å². The highest BCUT2D eigenvalue weighted by Gasteiger charge is 2.13. The molecule has 0 aliphatic heterocycles. The fourth-order valence-electron chi connectivity index (χ4n) is 1.52. The van der Waals surface area contributed by atoms with Crippen LogP contribution in [0.3, 0.4) is 0 Å². The molecule has 1 N–H and O–H groups in total. The van der Waals surface area contributed by atoms with Crippen LogP contribution in [-0.2, 0) is 6.42 Å². The van der Waals surface area contributed by atoms with Crippen molar-refractivity contribution in [3.63, 3.8) is 0 Å². The highest BCUT2D eigenvalue weighted by molar-refractivity contribution is 9.13. The largest absolute Gasteiger partial charge is 0.387 e. The average molecular weight is 441 g/mol. The molecular weight excluding hydrogens is 432 g/mol. The molecule has 2 aromatic rings. The van der Waals surface area contributed by atoms with Gasteiger partial charge in [0, 0.05) is 20.2 Å². The Morgan fingerprint density at radius 1 is 1.18 bits per heavy atom. The van der Waals surface area contributed by atoms with E-state index in [2.05, 4.69) is 47.8 Å². The van der Waals surface area contributed by atoms with Gasteiger partial charge in [0.25, 0.3) is 0 Å². The van der Waals surface area contributed by atoms with Gasteiger partial charge in [0.1, 0.15) is 0 Å². The first-order chi connectivity index (χ1) is 8.06. The molecule has 1 heterocycles. The summed E-state index contributed by atoms with van der Waals surface area (Å²) in [6.45, 7) is 0. The van der Waals surface area contributed by atoms with Crippen LogP contribution in [0, 0.1) is 0 Å². The molecule has 1 aromatic heterocycles. The van der Waals surface area contributed by atoms with E-state index in [0.717, 1.165) is 23.2 Å². The van der Waals surface area contributed by atoms with Crippen LogP contribution in [0.15, 0.2) is 43.1 Å². The number of thiophene rings is 1. The van der Waals surface area contributed by atoms with Crippen LogP contribution in [0.5, 0.6) is 0 Å². The Balaban J connectivity index is 2.14. The molecule has 0 aliphatic carbocycles. The van der Waals surface area contributed by atoms with Crippen molar-refractivity contribution >= 4 is 59.1 Å². The van der Waals surface area contributed by atoms with Gasteiger partial charge in [-0.2, -0.15) is 0 Å². The van der Waals surface area contributed by atoms with Crippen molar-refractivity contribution in [1.29, 1.82) is 0 Å². The third kappa shape index (κ3) is 3.64. The normalized spacial score (nSPS) is 12.7. The van der Waals surface area contributed by atoms with E-state index >= 15 is 0 Å². The predicted octanol–water partition coefficient (Wildman–Crippen LogP) is 5.31. The molecule has 0 saturated carbocycles. The Morgan fingerprint density at radius 2 is 1.94 bits per heavy atom. The Kier molecular flexibility index (Phi) is 4.83. The van der Waals surface area contributed by atoms with E-state index in [4.69, 9.17) is 0 Å². The quantitative estimate of drug-likeness (QED) is 0.685. The summed E-state index contributed by atoms with van der Waals surface area (Å²) < 4.78 is 3.04. The summed E-state index contributed by atoms with van der Waals surface area (Å²) in [5.74, 6) is 0. The molecule has 1 atom stereocenters. The number of hydrogen-bond donors (Lipinski definition) is 1. The third-order valence-corrected chi connectivity index (χ3v) is 6.16. The van der Waals surface area contributed by atoms with Gasteiger partial charge in [-0.05, 0) is 55.6 Å². The van der Waals surface area contributed by atoms with E-state index in [9.17, 15) is 5.11 Å². The van der Waals surface area contributed by atoms with Crippen LogP contribution in [-0.4, -0.2) is 5.11 Å². The maximum Gasteiger partial charge on any atom is 0.0923 e. The monoisotopic (exact) mass is 438 g/mol. The lowest BCUT2D eigenvalue weighted by Crippen LogP contribution is -1.99. The van der Waals surface area contributed by atoms with Gasteiger partial charge < -0.3 is 5.11 Å². The maximum absolute atomic E-state index is 10.2. The number of aliphatic hydroxyl groups excluding tert-OH is 1. The molecule has 0 bridgehead atoms. The molecule has 1 unspecified atom stereocenters. The lowest BCUT2D eigenvalue weighted by Gasteiger charge is -2.08. The second-order valence-corrected chi connectivity index (χ2v) is 7.79. The van der Waals surface area contributed by atoms with Gasteiger partial charge in [-0.3, -0.25) is 0 Å². The second-order valence-electron chi connectivity index (χ2n) is 3.62. The molecule has 5 heteroatoms. The van der Waals surface area contributed by atoms with Gasteiger partial charge in [-0.25, -0.2) is 0 Å². The minimum absolute atomic E-state index is 0.461. The molecule has 0 saturated heterocycles. The van der Waals surface area contributed by atoms with Crippen LogP contribution in [0.25, 0.3) is 0 Å². The number of rotatable bonds is 3. The van der Waals surface area contributed by atoms with Crippen molar-refractivity contribution < 1.29 is 5.11 Å². The summed E-state index contributed by atoms with van der Waals surface area (Å²) in [4.78, 5) is 0.962. The van der Waals surface area contributed by atoms with Crippen LogP contribution in [0.2, 0.25) is 0 Å². The lowest BCUT2D eigenvalue weighted by molar-refractivity contribution is 0.182. The summed E-state index contributed by atoms with van der Waals surface area (Å²) in [6, 6.07) is 9.96. The Morgan fingerprint density at radius 3 is 2.53 bits per heavy atom. The van der Waals surface area contributed by atoms with Gasteiger partial charge in [0.05, 0.1) is 9.89 Å². The maximum atomic E-state index is 10.2. The molecule has 0 fully saturated rings. The number of aliphatic hydroxyl groups is 1. The van der Waals surface area contributed by atoms with Gasteiger partial charge in [0.15, 0.2) is 0 Å². The van der Waals surface area contributed by atoms with Gasteiger partial charge in [0.2, 0.25) is 0 Å². The highest BCUT2D eigenvalue weighted by atomic mass is 79.9. The van der Waals surface area contributed by atoms with E-state index in [0.29, 0.717) is 6.42 Å². The smallest absolute Gasteiger partial charge is 0.0923 e. The van der Waals surface area contributed by atoms with Crippen LogP contribution in [0.1, 0.15) is 16.5 Å². The summed E-state index contributed by atoms with van der Waals surface area (Å²) in [7, 11) is 0. The van der Waals surface area contributed by atoms with E-state index in [1.165, 1.54) is 0 Å². The van der Waals surface area contributed by atoms with Crippen molar-refractivity contribution in [1.82, 2.24) is 0 Å². The molecule has 0 aliphatic rings. The number of halogens is 3. The third-order valence-electron chi connectivity index (χ3n) is 2.31. The topological polar surface area (TPSA) is 20.2 Å². The van der Waals surface area contributed by atoms with Crippen molar-refractivity contribution in [3.05, 3.63) is 53.5 Å². The first-order valence-electron chi connectivity index (χ1n) is 4.93. The molecule has 1 nitrogen and oxygen atoms in total. The zero-order valence-corrected chi connectivity index (χ0v) is 14.2. The fraction of sp³-hybridized carbons (Fsp3) is 0.167. The van der Waals surface area contributed by atoms with E-state index < -0.39 is 6.10 Å². The molecule has 90 valence electrons. The van der Waals surface area contributed by atoms with Crippen LogP contribution >= 0.6 is 59.1 Å². The molecule has 0 amide bonds. The molecular formula is C12H9Br3OS. The first-order valence-corrected chi connectivity index (χ1v) is 8.13. The minimum atomic E-state index is -0.461. The molecule has 17 heavy (non-hydrogen) atoms. The lowest BCUT2D eigenvalue weighted by atomic mass is 10.1. The van der Waals surface area contributed by atoms with Crippen LogP contribution < -0.4 is 0 Å². The van der Waals surface area contributed by atoms with Gasteiger partial charge in [-0.15, -0.1) is 11.3 Å². The number of benzene rings is 1. The highest BCUT2D eigenvalue weighted by Crippen LogP contribution is 2.36. The first kappa shape index (κ1) is 13.7.